The molecule has 3 heterocycles. The first kappa shape index (κ1) is 21.1. The lowest BCUT2D eigenvalue weighted by molar-refractivity contribution is -0.148. The minimum absolute atomic E-state index is 0.143. The fourth-order valence-corrected chi connectivity index (χ4v) is 4.36. The van der Waals surface area contributed by atoms with Crippen LogP contribution in [-0.2, 0) is 14.4 Å². The van der Waals surface area contributed by atoms with Gasteiger partial charge in [0.15, 0.2) is 17.6 Å². The molecule has 3 amide bonds. The second-order valence-electron chi connectivity index (χ2n) is 8.22. The Bertz CT molecular complexity index is 1080. The number of carbonyl (C=O) groups excluding carboxylic acids is 3. The fourth-order valence-electron chi connectivity index (χ4n) is 4.36. The maximum atomic E-state index is 13.2. The fraction of sp³-hybridized carbons (Fsp3) is 0.375. The summed E-state index contributed by atoms with van der Waals surface area (Å²) in [5.41, 5.74) is 0.667. The predicted octanol–water partition coefficient (Wildman–Crippen LogP) is 1.31. The van der Waals surface area contributed by atoms with Gasteiger partial charge >= 0.3 is 0 Å². The molecule has 3 aliphatic rings. The molecule has 0 N–H and O–H groups in total. The maximum absolute atomic E-state index is 13.2. The summed E-state index contributed by atoms with van der Waals surface area (Å²) in [4.78, 5) is 43.2. The summed E-state index contributed by atoms with van der Waals surface area (Å²) in [6.07, 6.45) is -1.48. The number of fused-ring (bicyclic) bond motifs is 2. The van der Waals surface area contributed by atoms with Crippen molar-refractivity contribution in [3.8, 4) is 17.2 Å². The summed E-state index contributed by atoms with van der Waals surface area (Å²) >= 11 is 0. The molecule has 1 fully saturated rings. The molecule has 5 rings (SSSR count). The van der Waals surface area contributed by atoms with E-state index in [1.165, 1.54) is 6.92 Å². The van der Waals surface area contributed by atoms with Crippen molar-refractivity contribution in [3.63, 3.8) is 0 Å². The van der Waals surface area contributed by atoms with Crippen molar-refractivity contribution in [2.45, 2.75) is 19.1 Å². The number of piperazine rings is 1. The average molecular weight is 451 g/mol. The molecular weight excluding hydrogens is 426 g/mol. The normalized spacial score (nSPS) is 21.7. The summed E-state index contributed by atoms with van der Waals surface area (Å²) in [5.74, 6) is 1.22. The van der Waals surface area contributed by atoms with Crippen LogP contribution in [0.3, 0.4) is 0 Å². The van der Waals surface area contributed by atoms with Gasteiger partial charge in [-0.1, -0.05) is 24.3 Å². The molecule has 172 valence electrons. The highest BCUT2D eigenvalue weighted by atomic mass is 16.6. The number of hydrogen-bond donors (Lipinski definition) is 0. The summed E-state index contributed by atoms with van der Waals surface area (Å²) in [5, 5.41) is 0. The van der Waals surface area contributed by atoms with E-state index < -0.39 is 12.2 Å². The maximum Gasteiger partial charge on any atom is 0.267 e. The SMILES string of the molecule is CC(=O)N1CC(C(=O)N2CCN(C(=O)C3COc4ccccc4O3)CC2)Oc2ccccc21. The molecule has 9 nitrogen and oxygen atoms in total. The van der Waals surface area contributed by atoms with Gasteiger partial charge in [-0.2, -0.15) is 0 Å². The van der Waals surface area contributed by atoms with Crippen LogP contribution in [0.2, 0.25) is 0 Å². The number of benzene rings is 2. The first-order valence-corrected chi connectivity index (χ1v) is 11.0. The molecule has 2 aromatic rings. The first-order chi connectivity index (χ1) is 16.0. The number of hydrogen-bond acceptors (Lipinski definition) is 6. The first-order valence-electron chi connectivity index (χ1n) is 11.0. The smallest absolute Gasteiger partial charge is 0.267 e. The summed E-state index contributed by atoms with van der Waals surface area (Å²) in [6.45, 7) is 3.36. The number of anilines is 1. The molecule has 0 bridgehead atoms. The Balaban J connectivity index is 1.20. The number of ether oxygens (including phenoxy) is 3. The quantitative estimate of drug-likeness (QED) is 0.684. The molecule has 0 radical (unpaired) electrons. The summed E-state index contributed by atoms with van der Waals surface area (Å²) in [7, 11) is 0. The van der Waals surface area contributed by atoms with E-state index in [0.717, 1.165) is 0 Å². The molecule has 1 saturated heterocycles. The van der Waals surface area contributed by atoms with E-state index in [-0.39, 0.29) is 30.9 Å². The van der Waals surface area contributed by atoms with Crippen LogP contribution in [0.5, 0.6) is 17.2 Å². The van der Waals surface area contributed by atoms with Crippen LogP contribution in [0.15, 0.2) is 48.5 Å². The molecule has 0 saturated carbocycles. The number of amides is 3. The third-order valence-corrected chi connectivity index (χ3v) is 6.12. The van der Waals surface area contributed by atoms with Gasteiger partial charge in [-0.3, -0.25) is 14.4 Å². The highest BCUT2D eigenvalue weighted by Crippen LogP contribution is 2.34. The molecule has 2 atom stereocenters. The largest absolute Gasteiger partial charge is 0.485 e. The van der Waals surface area contributed by atoms with E-state index in [9.17, 15) is 14.4 Å². The zero-order valence-corrected chi connectivity index (χ0v) is 18.3. The van der Waals surface area contributed by atoms with Gasteiger partial charge in [0, 0.05) is 33.1 Å². The van der Waals surface area contributed by atoms with E-state index in [1.54, 1.807) is 39.0 Å². The van der Waals surface area contributed by atoms with Gasteiger partial charge < -0.3 is 28.9 Å². The molecule has 0 aromatic heterocycles. The van der Waals surface area contributed by atoms with Gasteiger partial charge in [-0.05, 0) is 24.3 Å². The third kappa shape index (κ3) is 4.06. The molecule has 33 heavy (non-hydrogen) atoms. The Kier molecular flexibility index (Phi) is 5.53. The van der Waals surface area contributed by atoms with Crippen LogP contribution < -0.4 is 19.1 Å². The van der Waals surface area contributed by atoms with Gasteiger partial charge in [0.1, 0.15) is 12.4 Å². The highest BCUT2D eigenvalue weighted by Gasteiger charge is 2.38. The van der Waals surface area contributed by atoms with Crippen LogP contribution in [0.4, 0.5) is 5.69 Å². The van der Waals surface area contributed by atoms with Crippen molar-refractivity contribution >= 4 is 23.4 Å². The van der Waals surface area contributed by atoms with E-state index in [4.69, 9.17) is 14.2 Å². The average Bonchev–Trinajstić information content (AvgIpc) is 2.86. The van der Waals surface area contributed by atoms with Gasteiger partial charge in [0.2, 0.25) is 12.0 Å². The Hall–Kier alpha value is -3.75. The van der Waals surface area contributed by atoms with Crippen molar-refractivity contribution in [1.29, 1.82) is 0 Å². The Morgan fingerprint density at radius 1 is 0.758 bits per heavy atom. The number of carbonyl (C=O) groups is 3. The number of nitrogens with zero attached hydrogens (tertiary/aromatic N) is 3. The molecule has 3 aliphatic heterocycles. The lowest BCUT2D eigenvalue weighted by Gasteiger charge is -2.40. The molecule has 0 spiro atoms. The Morgan fingerprint density at radius 3 is 1.97 bits per heavy atom. The molecule has 9 heteroatoms. The van der Waals surface area contributed by atoms with Crippen LogP contribution in [0, 0.1) is 0 Å². The minimum atomic E-state index is -0.780. The number of rotatable bonds is 2. The lowest BCUT2D eigenvalue weighted by atomic mass is 10.1. The molecular formula is C24H25N3O6. The Morgan fingerprint density at radius 2 is 1.30 bits per heavy atom. The van der Waals surface area contributed by atoms with E-state index in [2.05, 4.69) is 0 Å². The standard InChI is InChI=1S/C24H25N3O6/c1-16(28)27-14-21(32-18-7-3-2-6-17(18)27)23(29)25-10-12-26(13-11-25)24(30)22-15-31-19-8-4-5-9-20(19)33-22/h2-9,21-22H,10-15H2,1H3. The Labute approximate surface area is 191 Å². The lowest BCUT2D eigenvalue weighted by Crippen LogP contribution is -2.58. The number of para-hydroxylation sites is 4. The second-order valence-corrected chi connectivity index (χ2v) is 8.22. The third-order valence-electron chi connectivity index (χ3n) is 6.12. The van der Waals surface area contributed by atoms with E-state index in [0.29, 0.717) is 49.1 Å². The predicted molar refractivity (Wildman–Crippen MR) is 118 cm³/mol. The van der Waals surface area contributed by atoms with Crippen molar-refractivity contribution < 1.29 is 28.6 Å². The van der Waals surface area contributed by atoms with Gasteiger partial charge in [0.05, 0.1) is 12.2 Å². The van der Waals surface area contributed by atoms with Crippen LogP contribution in [-0.4, -0.2) is 79.1 Å². The van der Waals surface area contributed by atoms with Crippen molar-refractivity contribution in [2.24, 2.45) is 0 Å². The van der Waals surface area contributed by atoms with Gasteiger partial charge in [-0.15, -0.1) is 0 Å². The molecule has 0 aliphatic carbocycles. The highest BCUT2D eigenvalue weighted by molar-refractivity contribution is 5.96. The topological polar surface area (TPSA) is 88.6 Å². The minimum Gasteiger partial charge on any atom is -0.485 e. The van der Waals surface area contributed by atoms with Gasteiger partial charge in [0.25, 0.3) is 11.8 Å². The van der Waals surface area contributed by atoms with E-state index >= 15 is 0 Å². The van der Waals surface area contributed by atoms with Crippen LogP contribution in [0.25, 0.3) is 0 Å². The summed E-state index contributed by atoms with van der Waals surface area (Å²) in [6, 6.07) is 14.5. The summed E-state index contributed by atoms with van der Waals surface area (Å²) < 4.78 is 17.4. The van der Waals surface area contributed by atoms with Gasteiger partial charge in [-0.25, -0.2) is 0 Å². The van der Waals surface area contributed by atoms with Crippen molar-refractivity contribution in [1.82, 2.24) is 9.80 Å². The second kappa shape index (κ2) is 8.65. The monoisotopic (exact) mass is 451 g/mol. The zero-order chi connectivity index (χ0) is 22.9. The van der Waals surface area contributed by atoms with Crippen LogP contribution in [0.1, 0.15) is 6.92 Å². The van der Waals surface area contributed by atoms with Crippen LogP contribution >= 0.6 is 0 Å². The van der Waals surface area contributed by atoms with Crippen molar-refractivity contribution in [3.05, 3.63) is 48.5 Å². The van der Waals surface area contributed by atoms with Crippen molar-refractivity contribution in [2.75, 3.05) is 44.2 Å². The molecule has 2 unspecified atom stereocenters. The zero-order valence-electron chi connectivity index (χ0n) is 18.3. The molecule has 2 aromatic carbocycles. The van der Waals surface area contributed by atoms with E-state index in [1.807, 2.05) is 24.3 Å².